The molecule has 130 valence electrons. The van der Waals surface area contributed by atoms with Crippen molar-refractivity contribution < 1.29 is 4.79 Å². The number of carbonyl (C=O) groups is 1. The van der Waals surface area contributed by atoms with E-state index in [2.05, 4.69) is 27.8 Å². The number of rotatable bonds is 8. The second-order valence-corrected chi connectivity index (χ2v) is 6.92. The smallest absolute Gasteiger partial charge is 0.220 e. The van der Waals surface area contributed by atoms with Crippen LogP contribution in [0.2, 0.25) is 0 Å². The molecule has 4 nitrogen and oxygen atoms in total. The molecule has 1 aromatic carbocycles. The molecule has 1 heterocycles. The number of fused-ring (bicyclic) bond motifs is 1. The molecule has 0 saturated heterocycles. The van der Waals surface area contributed by atoms with E-state index in [4.69, 9.17) is 0 Å². The Morgan fingerprint density at radius 2 is 1.96 bits per heavy atom. The highest BCUT2D eigenvalue weighted by atomic mass is 16.1. The monoisotopic (exact) mass is 327 g/mol. The number of hydrogen-bond acceptors (Lipinski definition) is 2. The fourth-order valence-electron chi connectivity index (χ4n) is 3.66. The molecule has 3 rings (SSSR count). The molecule has 2 aromatic rings. The quantitative estimate of drug-likeness (QED) is 0.651. The topological polar surface area (TPSA) is 56.9 Å². The molecule has 1 amide bonds. The van der Waals surface area contributed by atoms with Crippen molar-refractivity contribution in [1.82, 2.24) is 15.6 Å². The van der Waals surface area contributed by atoms with Crippen molar-refractivity contribution in [3.8, 4) is 0 Å². The number of benzene rings is 1. The highest BCUT2D eigenvalue weighted by Crippen LogP contribution is 2.22. The van der Waals surface area contributed by atoms with Gasteiger partial charge in [0.15, 0.2) is 0 Å². The standard InChI is InChI=1S/C20H29N3O/c24-20(22-13-12-21-14-16-6-2-1-3-7-16)11-10-17-15-23-19-9-5-4-8-18(17)19/h4-5,8-9,15-16,21,23H,1-3,6-7,10-14H2,(H,22,24). The van der Waals surface area contributed by atoms with E-state index in [9.17, 15) is 4.79 Å². The Bertz CT molecular complexity index is 643. The maximum Gasteiger partial charge on any atom is 0.220 e. The molecular formula is C20H29N3O. The van der Waals surface area contributed by atoms with Gasteiger partial charge in [-0.2, -0.15) is 0 Å². The van der Waals surface area contributed by atoms with Gasteiger partial charge < -0.3 is 15.6 Å². The van der Waals surface area contributed by atoms with Crippen LogP contribution in [0.4, 0.5) is 0 Å². The van der Waals surface area contributed by atoms with Crippen molar-refractivity contribution in [2.24, 2.45) is 5.92 Å². The summed E-state index contributed by atoms with van der Waals surface area (Å²) in [6.45, 7) is 2.69. The first-order valence-corrected chi connectivity index (χ1v) is 9.35. The molecule has 1 aliphatic rings. The Morgan fingerprint density at radius 1 is 1.12 bits per heavy atom. The van der Waals surface area contributed by atoms with Crippen molar-refractivity contribution in [3.05, 3.63) is 36.0 Å². The van der Waals surface area contributed by atoms with Gasteiger partial charge in [-0.05, 0) is 43.4 Å². The average molecular weight is 327 g/mol. The number of aromatic nitrogens is 1. The summed E-state index contributed by atoms with van der Waals surface area (Å²) in [6.07, 6.45) is 10.3. The van der Waals surface area contributed by atoms with Gasteiger partial charge in [0.1, 0.15) is 0 Å². The molecule has 0 bridgehead atoms. The van der Waals surface area contributed by atoms with Gasteiger partial charge in [0, 0.05) is 36.6 Å². The van der Waals surface area contributed by atoms with E-state index in [1.165, 1.54) is 43.1 Å². The summed E-state index contributed by atoms with van der Waals surface area (Å²) in [5, 5.41) is 7.73. The molecule has 0 radical (unpaired) electrons. The van der Waals surface area contributed by atoms with E-state index in [0.29, 0.717) is 6.42 Å². The van der Waals surface area contributed by atoms with E-state index in [-0.39, 0.29) is 5.91 Å². The first-order chi connectivity index (χ1) is 11.8. The number of aromatic amines is 1. The molecule has 0 atom stereocenters. The number of amides is 1. The van der Waals surface area contributed by atoms with E-state index in [1.807, 2.05) is 18.3 Å². The predicted molar refractivity (Wildman–Crippen MR) is 99.1 cm³/mol. The number of H-pyrrole nitrogens is 1. The molecule has 1 aliphatic carbocycles. The third-order valence-corrected chi connectivity index (χ3v) is 5.08. The molecule has 1 fully saturated rings. The van der Waals surface area contributed by atoms with Crippen molar-refractivity contribution in [2.45, 2.75) is 44.9 Å². The summed E-state index contributed by atoms with van der Waals surface area (Å²) in [4.78, 5) is 15.3. The van der Waals surface area contributed by atoms with Crippen LogP contribution in [-0.4, -0.2) is 30.5 Å². The van der Waals surface area contributed by atoms with Gasteiger partial charge in [0.05, 0.1) is 0 Å². The van der Waals surface area contributed by atoms with E-state index < -0.39 is 0 Å². The molecule has 1 aromatic heterocycles. The predicted octanol–water partition coefficient (Wildman–Crippen LogP) is 3.39. The largest absolute Gasteiger partial charge is 0.361 e. The fraction of sp³-hybridized carbons (Fsp3) is 0.550. The molecule has 24 heavy (non-hydrogen) atoms. The van der Waals surface area contributed by atoms with E-state index in [1.54, 1.807) is 0 Å². The Hall–Kier alpha value is -1.81. The highest BCUT2D eigenvalue weighted by molar-refractivity contribution is 5.84. The lowest BCUT2D eigenvalue weighted by atomic mass is 9.89. The van der Waals surface area contributed by atoms with Gasteiger partial charge in [-0.1, -0.05) is 37.5 Å². The van der Waals surface area contributed by atoms with Crippen LogP contribution >= 0.6 is 0 Å². The minimum Gasteiger partial charge on any atom is -0.361 e. The number of aryl methyl sites for hydroxylation is 1. The Kier molecular flexibility index (Phi) is 6.30. The van der Waals surface area contributed by atoms with E-state index >= 15 is 0 Å². The van der Waals surface area contributed by atoms with E-state index in [0.717, 1.165) is 37.5 Å². The third kappa shape index (κ3) is 4.84. The first kappa shape index (κ1) is 17.0. The summed E-state index contributed by atoms with van der Waals surface area (Å²) >= 11 is 0. The Balaban J connectivity index is 1.30. The fourth-order valence-corrected chi connectivity index (χ4v) is 3.66. The summed E-state index contributed by atoms with van der Waals surface area (Å²) in [5.74, 6) is 0.982. The minimum atomic E-state index is 0.139. The van der Waals surface area contributed by atoms with Gasteiger partial charge in [-0.3, -0.25) is 4.79 Å². The first-order valence-electron chi connectivity index (χ1n) is 9.35. The van der Waals surface area contributed by atoms with Crippen LogP contribution in [0.3, 0.4) is 0 Å². The van der Waals surface area contributed by atoms with Crippen molar-refractivity contribution in [1.29, 1.82) is 0 Å². The number of carbonyl (C=O) groups excluding carboxylic acids is 1. The SMILES string of the molecule is O=C(CCc1c[nH]c2ccccc12)NCCNCC1CCCCC1. The minimum absolute atomic E-state index is 0.139. The number of para-hydroxylation sites is 1. The summed E-state index contributed by atoms with van der Waals surface area (Å²) in [6, 6.07) is 8.23. The van der Waals surface area contributed by atoms with Crippen LogP contribution in [-0.2, 0) is 11.2 Å². The molecule has 0 aliphatic heterocycles. The van der Waals surface area contributed by atoms with Gasteiger partial charge in [0.25, 0.3) is 0 Å². The second-order valence-electron chi connectivity index (χ2n) is 6.92. The molecule has 0 unspecified atom stereocenters. The van der Waals surface area contributed by atoms with Crippen molar-refractivity contribution in [3.63, 3.8) is 0 Å². The molecular weight excluding hydrogens is 298 g/mol. The van der Waals surface area contributed by atoms with Gasteiger partial charge in [0.2, 0.25) is 5.91 Å². The number of nitrogens with one attached hydrogen (secondary N) is 3. The van der Waals surface area contributed by atoms with Gasteiger partial charge in [-0.15, -0.1) is 0 Å². The molecule has 0 spiro atoms. The Labute approximate surface area is 144 Å². The molecule has 1 saturated carbocycles. The van der Waals surface area contributed by atoms with Crippen LogP contribution in [0, 0.1) is 5.92 Å². The van der Waals surface area contributed by atoms with Crippen LogP contribution in [0.1, 0.15) is 44.1 Å². The van der Waals surface area contributed by atoms with Crippen LogP contribution in [0.25, 0.3) is 10.9 Å². The molecule has 4 heteroatoms. The average Bonchev–Trinajstić information content (AvgIpc) is 3.04. The molecule has 3 N–H and O–H groups in total. The van der Waals surface area contributed by atoms with Gasteiger partial charge >= 0.3 is 0 Å². The van der Waals surface area contributed by atoms with Crippen LogP contribution in [0.15, 0.2) is 30.5 Å². The Morgan fingerprint density at radius 3 is 2.83 bits per heavy atom. The second kappa shape index (κ2) is 8.88. The van der Waals surface area contributed by atoms with Gasteiger partial charge in [-0.25, -0.2) is 0 Å². The maximum atomic E-state index is 12.0. The zero-order chi connectivity index (χ0) is 16.6. The van der Waals surface area contributed by atoms with Crippen molar-refractivity contribution in [2.75, 3.05) is 19.6 Å². The van der Waals surface area contributed by atoms with Crippen LogP contribution in [0.5, 0.6) is 0 Å². The summed E-state index contributed by atoms with van der Waals surface area (Å²) in [5.41, 5.74) is 2.36. The van der Waals surface area contributed by atoms with Crippen molar-refractivity contribution >= 4 is 16.8 Å². The number of hydrogen-bond donors (Lipinski definition) is 3. The third-order valence-electron chi connectivity index (χ3n) is 5.08. The lowest BCUT2D eigenvalue weighted by Gasteiger charge is -2.21. The summed E-state index contributed by atoms with van der Waals surface area (Å²) < 4.78 is 0. The lowest BCUT2D eigenvalue weighted by Crippen LogP contribution is -2.34. The maximum absolute atomic E-state index is 12.0. The normalized spacial score (nSPS) is 15.7. The zero-order valence-corrected chi connectivity index (χ0v) is 14.4. The van der Waals surface area contributed by atoms with Crippen LogP contribution < -0.4 is 10.6 Å². The highest BCUT2D eigenvalue weighted by Gasteiger charge is 2.12. The zero-order valence-electron chi connectivity index (χ0n) is 14.4. The summed E-state index contributed by atoms with van der Waals surface area (Å²) in [7, 11) is 0. The lowest BCUT2D eigenvalue weighted by molar-refractivity contribution is -0.121.